The lowest BCUT2D eigenvalue weighted by atomic mass is 10.1. The number of hydrogen-bond donors (Lipinski definition) is 2. The Hall–Kier alpha value is -1.44. The van der Waals surface area contributed by atoms with Gasteiger partial charge in [-0.05, 0) is 24.6 Å². The standard InChI is InChI=1S/C9H9NO.C2H6/c1-6-2-3-8(11)7-4-5-10-9(6)7;1-2/h2-5,10-11H,1H3;1-2H3. The third kappa shape index (κ3) is 1.66. The fraction of sp³-hybridized carbons (Fsp3) is 0.273. The van der Waals surface area contributed by atoms with Crippen molar-refractivity contribution < 1.29 is 5.11 Å². The van der Waals surface area contributed by atoms with Crippen molar-refractivity contribution in [2.24, 2.45) is 0 Å². The molecule has 0 saturated heterocycles. The van der Waals surface area contributed by atoms with E-state index in [2.05, 4.69) is 4.98 Å². The Labute approximate surface area is 78.2 Å². The molecule has 0 bridgehead atoms. The zero-order chi connectivity index (χ0) is 9.84. The summed E-state index contributed by atoms with van der Waals surface area (Å²) in [5, 5.41) is 10.3. The summed E-state index contributed by atoms with van der Waals surface area (Å²) in [4.78, 5) is 3.07. The molecular weight excluding hydrogens is 162 g/mol. The van der Waals surface area contributed by atoms with Gasteiger partial charge in [0, 0.05) is 11.6 Å². The van der Waals surface area contributed by atoms with Crippen molar-refractivity contribution in [3.8, 4) is 5.75 Å². The average molecular weight is 177 g/mol. The van der Waals surface area contributed by atoms with Gasteiger partial charge in [0.25, 0.3) is 0 Å². The van der Waals surface area contributed by atoms with E-state index in [-0.39, 0.29) is 0 Å². The fourth-order valence-electron chi connectivity index (χ4n) is 1.29. The van der Waals surface area contributed by atoms with Crippen LogP contribution in [0.4, 0.5) is 0 Å². The third-order valence-corrected chi connectivity index (χ3v) is 1.91. The van der Waals surface area contributed by atoms with Crippen LogP contribution in [-0.4, -0.2) is 10.1 Å². The number of aryl methyl sites for hydroxylation is 1. The molecule has 0 aliphatic rings. The molecule has 2 aromatic rings. The molecule has 0 aliphatic carbocycles. The molecule has 2 N–H and O–H groups in total. The first-order chi connectivity index (χ1) is 6.29. The zero-order valence-corrected chi connectivity index (χ0v) is 8.26. The van der Waals surface area contributed by atoms with E-state index < -0.39 is 0 Å². The Morgan fingerprint density at radius 3 is 2.46 bits per heavy atom. The second-order valence-electron chi connectivity index (χ2n) is 2.67. The molecule has 1 aromatic carbocycles. The van der Waals surface area contributed by atoms with Gasteiger partial charge in [-0.25, -0.2) is 0 Å². The summed E-state index contributed by atoms with van der Waals surface area (Å²) in [6.45, 7) is 6.01. The molecule has 0 unspecified atom stereocenters. The number of rotatable bonds is 0. The van der Waals surface area contributed by atoms with Gasteiger partial charge in [-0.3, -0.25) is 0 Å². The molecule has 2 heteroatoms. The zero-order valence-electron chi connectivity index (χ0n) is 8.26. The van der Waals surface area contributed by atoms with Gasteiger partial charge in [0.15, 0.2) is 0 Å². The molecule has 0 fully saturated rings. The van der Waals surface area contributed by atoms with Crippen LogP contribution in [0.3, 0.4) is 0 Å². The molecule has 0 amide bonds. The van der Waals surface area contributed by atoms with E-state index in [0.717, 1.165) is 16.5 Å². The molecule has 2 nitrogen and oxygen atoms in total. The number of phenolic OH excluding ortho intramolecular Hbond substituents is 1. The van der Waals surface area contributed by atoms with Gasteiger partial charge in [-0.15, -0.1) is 0 Å². The first-order valence-electron chi connectivity index (χ1n) is 4.54. The number of hydrogen-bond acceptors (Lipinski definition) is 1. The summed E-state index contributed by atoms with van der Waals surface area (Å²) in [7, 11) is 0. The van der Waals surface area contributed by atoms with Gasteiger partial charge in [-0.2, -0.15) is 0 Å². The second-order valence-corrected chi connectivity index (χ2v) is 2.67. The quantitative estimate of drug-likeness (QED) is 0.637. The van der Waals surface area contributed by atoms with Gasteiger partial charge in [0.05, 0.1) is 5.52 Å². The molecule has 13 heavy (non-hydrogen) atoms. The van der Waals surface area contributed by atoms with Crippen LogP contribution in [0.25, 0.3) is 10.9 Å². The molecule has 0 radical (unpaired) electrons. The summed E-state index contributed by atoms with van der Waals surface area (Å²) >= 11 is 0. The Morgan fingerprint density at radius 2 is 1.85 bits per heavy atom. The lowest BCUT2D eigenvalue weighted by Crippen LogP contribution is -1.75. The fourth-order valence-corrected chi connectivity index (χ4v) is 1.29. The highest BCUT2D eigenvalue weighted by Crippen LogP contribution is 2.25. The minimum absolute atomic E-state index is 0.340. The van der Waals surface area contributed by atoms with Crippen LogP contribution in [0.1, 0.15) is 19.4 Å². The number of aromatic amines is 1. The van der Waals surface area contributed by atoms with Crippen LogP contribution in [-0.2, 0) is 0 Å². The van der Waals surface area contributed by atoms with E-state index >= 15 is 0 Å². The Morgan fingerprint density at radius 1 is 1.15 bits per heavy atom. The molecule has 70 valence electrons. The van der Waals surface area contributed by atoms with E-state index in [4.69, 9.17) is 0 Å². The van der Waals surface area contributed by atoms with E-state index in [1.165, 1.54) is 0 Å². The molecule has 2 rings (SSSR count). The van der Waals surface area contributed by atoms with Crippen LogP contribution in [0.2, 0.25) is 0 Å². The van der Waals surface area contributed by atoms with Gasteiger partial charge in [-0.1, -0.05) is 19.9 Å². The van der Waals surface area contributed by atoms with Crippen LogP contribution in [0.15, 0.2) is 24.4 Å². The van der Waals surface area contributed by atoms with Gasteiger partial charge < -0.3 is 10.1 Å². The number of fused-ring (bicyclic) bond motifs is 1. The van der Waals surface area contributed by atoms with Crippen LogP contribution >= 0.6 is 0 Å². The molecule has 1 aromatic heterocycles. The Kier molecular flexibility index (Phi) is 2.96. The number of benzene rings is 1. The van der Waals surface area contributed by atoms with Crippen LogP contribution in [0.5, 0.6) is 5.75 Å². The molecule has 1 heterocycles. The maximum Gasteiger partial charge on any atom is 0.124 e. The molecular formula is C11H15NO. The number of H-pyrrole nitrogens is 1. The highest BCUT2D eigenvalue weighted by molar-refractivity contribution is 5.87. The summed E-state index contributed by atoms with van der Waals surface area (Å²) in [5.74, 6) is 0.340. The minimum Gasteiger partial charge on any atom is -0.507 e. The van der Waals surface area contributed by atoms with Crippen LogP contribution < -0.4 is 0 Å². The lowest BCUT2D eigenvalue weighted by molar-refractivity contribution is 0.481. The monoisotopic (exact) mass is 177 g/mol. The van der Waals surface area contributed by atoms with E-state index in [1.807, 2.05) is 39.1 Å². The second kappa shape index (κ2) is 3.99. The van der Waals surface area contributed by atoms with E-state index in [0.29, 0.717) is 5.75 Å². The highest BCUT2D eigenvalue weighted by atomic mass is 16.3. The number of nitrogens with one attached hydrogen (secondary N) is 1. The van der Waals surface area contributed by atoms with Gasteiger partial charge in [0.1, 0.15) is 5.75 Å². The van der Waals surface area contributed by atoms with Crippen LogP contribution in [0, 0.1) is 6.92 Å². The first kappa shape index (κ1) is 9.65. The van der Waals surface area contributed by atoms with Crippen molar-refractivity contribution >= 4 is 10.9 Å². The van der Waals surface area contributed by atoms with Crippen molar-refractivity contribution in [1.29, 1.82) is 0 Å². The maximum atomic E-state index is 9.36. The third-order valence-electron chi connectivity index (χ3n) is 1.91. The summed E-state index contributed by atoms with van der Waals surface area (Å²) in [5.41, 5.74) is 2.17. The van der Waals surface area contributed by atoms with Crippen molar-refractivity contribution in [2.75, 3.05) is 0 Å². The Bertz CT molecular complexity index is 354. The molecule has 0 aliphatic heterocycles. The predicted octanol–water partition coefficient (Wildman–Crippen LogP) is 3.21. The molecule has 0 saturated carbocycles. The topological polar surface area (TPSA) is 36.0 Å². The van der Waals surface area contributed by atoms with E-state index in [1.54, 1.807) is 6.07 Å². The lowest BCUT2D eigenvalue weighted by Gasteiger charge is -1.97. The predicted molar refractivity (Wildman–Crippen MR) is 56.0 cm³/mol. The summed E-state index contributed by atoms with van der Waals surface area (Å²) in [6.07, 6.45) is 1.83. The minimum atomic E-state index is 0.340. The van der Waals surface area contributed by atoms with E-state index in [9.17, 15) is 5.11 Å². The van der Waals surface area contributed by atoms with Crippen molar-refractivity contribution in [3.63, 3.8) is 0 Å². The number of phenols is 1. The molecule has 0 spiro atoms. The smallest absolute Gasteiger partial charge is 0.124 e. The molecule has 0 atom stereocenters. The highest BCUT2D eigenvalue weighted by Gasteiger charge is 2.01. The van der Waals surface area contributed by atoms with Crippen molar-refractivity contribution in [1.82, 2.24) is 4.98 Å². The Balaban J connectivity index is 0.000000396. The van der Waals surface area contributed by atoms with Gasteiger partial charge >= 0.3 is 0 Å². The largest absolute Gasteiger partial charge is 0.507 e. The number of aromatic nitrogens is 1. The maximum absolute atomic E-state index is 9.36. The van der Waals surface area contributed by atoms with Crippen molar-refractivity contribution in [3.05, 3.63) is 30.0 Å². The average Bonchev–Trinajstić information content (AvgIpc) is 2.64. The van der Waals surface area contributed by atoms with Gasteiger partial charge in [0.2, 0.25) is 0 Å². The summed E-state index contributed by atoms with van der Waals surface area (Å²) < 4.78 is 0. The SMILES string of the molecule is CC.Cc1ccc(O)c2cc[nH]c12. The normalized spacial score (nSPS) is 9.46. The first-order valence-corrected chi connectivity index (χ1v) is 4.54. The number of aromatic hydroxyl groups is 1. The van der Waals surface area contributed by atoms with Crippen molar-refractivity contribution in [2.45, 2.75) is 20.8 Å². The summed E-state index contributed by atoms with van der Waals surface area (Å²) in [6, 6.07) is 5.48.